The van der Waals surface area contributed by atoms with E-state index in [1.807, 2.05) is 0 Å². The zero-order valence-electron chi connectivity index (χ0n) is 19.4. The Labute approximate surface area is 218 Å². The molecule has 0 radical (unpaired) electrons. The fourth-order valence-electron chi connectivity index (χ4n) is 4.09. The van der Waals surface area contributed by atoms with E-state index in [9.17, 15) is 0 Å². The second-order valence-corrected chi connectivity index (χ2v) is 11.4. The van der Waals surface area contributed by atoms with Crippen LogP contribution in [0.3, 0.4) is 0 Å². The maximum absolute atomic E-state index is 5.81. The van der Waals surface area contributed by atoms with Crippen molar-refractivity contribution in [2.24, 2.45) is 0 Å². The Balaban J connectivity index is 0. The number of nitrogens with zero attached hydrogens (tertiary/aromatic N) is 4. The molecule has 0 amide bonds. The number of piperazine rings is 2. The van der Waals surface area contributed by atoms with Crippen molar-refractivity contribution < 1.29 is 42.7 Å². The molecule has 0 aromatic heterocycles. The standard InChI is InChI=1S/2C10H22Cl2N2.2ClH/c2*1-13(5-3-11)7-9-14(2,6-4-12)10-8-13;;/h2*3-10H2,1-2H3;2*1H/q2*+2;;/p-2. The second kappa shape index (κ2) is 15.5. The van der Waals surface area contributed by atoms with Gasteiger partial charge < -0.3 is 42.7 Å². The van der Waals surface area contributed by atoms with Crippen LogP contribution in [0.2, 0.25) is 0 Å². The maximum atomic E-state index is 5.81. The lowest BCUT2D eigenvalue weighted by atomic mass is 10.2. The lowest BCUT2D eigenvalue weighted by Gasteiger charge is -2.45. The number of likely N-dealkylation sites (N-methyl/N-ethyl adjacent to an activating group) is 4. The van der Waals surface area contributed by atoms with Crippen molar-refractivity contribution in [3.8, 4) is 0 Å². The van der Waals surface area contributed by atoms with Gasteiger partial charge in [-0.1, -0.05) is 0 Å². The molecule has 0 spiro atoms. The number of rotatable bonds is 8. The molecule has 0 aromatic rings. The summed E-state index contributed by atoms with van der Waals surface area (Å²) in [4.78, 5) is 0. The van der Waals surface area contributed by atoms with E-state index in [0.29, 0.717) is 0 Å². The van der Waals surface area contributed by atoms with Gasteiger partial charge in [0.15, 0.2) is 0 Å². The first-order valence-corrected chi connectivity index (χ1v) is 12.8. The van der Waals surface area contributed by atoms with Gasteiger partial charge in [0.25, 0.3) is 0 Å². The Morgan fingerprint density at radius 1 is 0.400 bits per heavy atom. The van der Waals surface area contributed by atoms with Crippen LogP contribution in [-0.4, -0.2) is 148 Å². The molecular formula is C20H44Cl6N4+2. The van der Waals surface area contributed by atoms with Crippen LogP contribution in [0.1, 0.15) is 0 Å². The predicted molar refractivity (Wildman–Crippen MR) is 126 cm³/mol. The summed E-state index contributed by atoms with van der Waals surface area (Å²) in [6.45, 7) is 14.3. The molecule has 0 atom stereocenters. The molecule has 0 bridgehead atoms. The molecule has 10 heteroatoms. The molecule has 4 nitrogen and oxygen atoms in total. The summed E-state index contributed by atoms with van der Waals surface area (Å²) in [6.07, 6.45) is 0. The summed E-state index contributed by atoms with van der Waals surface area (Å²) in [6, 6.07) is 0. The quantitative estimate of drug-likeness (QED) is 0.219. The lowest BCUT2D eigenvalue weighted by Crippen LogP contribution is -3.00. The fourth-order valence-corrected chi connectivity index (χ4v) is 5.72. The number of alkyl halides is 4. The molecule has 0 saturated carbocycles. The van der Waals surface area contributed by atoms with Crippen molar-refractivity contribution in [2.75, 3.05) is 130 Å². The summed E-state index contributed by atoms with van der Waals surface area (Å²) < 4.78 is 4.55. The third kappa shape index (κ3) is 11.6. The summed E-state index contributed by atoms with van der Waals surface area (Å²) in [5, 5.41) is 0. The van der Waals surface area contributed by atoms with Crippen molar-refractivity contribution >= 4 is 46.4 Å². The molecule has 0 aliphatic carbocycles. The van der Waals surface area contributed by atoms with E-state index < -0.39 is 0 Å². The number of quaternary nitrogens is 4. The fraction of sp³-hybridized carbons (Fsp3) is 1.00. The van der Waals surface area contributed by atoms with Crippen LogP contribution in [-0.2, 0) is 0 Å². The largest absolute Gasteiger partial charge is 1.00 e. The molecule has 184 valence electrons. The molecule has 2 aliphatic heterocycles. The summed E-state index contributed by atoms with van der Waals surface area (Å²) in [5.41, 5.74) is 0. The van der Waals surface area contributed by atoms with Gasteiger partial charge in [-0.3, -0.25) is 0 Å². The van der Waals surface area contributed by atoms with Crippen LogP contribution < -0.4 is 24.8 Å². The second-order valence-electron chi connectivity index (χ2n) is 9.92. The highest BCUT2D eigenvalue weighted by molar-refractivity contribution is 6.18. The van der Waals surface area contributed by atoms with Crippen molar-refractivity contribution in [1.82, 2.24) is 0 Å². The first kappa shape index (κ1) is 33.8. The number of hydrogen-bond donors (Lipinski definition) is 0. The zero-order chi connectivity index (χ0) is 21.3. The number of hydrogen-bond acceptors (Lipinski definition) is 0. The molecule has 2 fully saturated rings. The molecular weight excluding hydrogens is 509 g/mol. The Morgan fingerprint density at radius 3 is 0.633 bits per heavy atom. The van der Waals surface area contributed by atoms with Crippen molar-refractivity contribution in [3.05, 3.63) is 0 Å². The van der Waals surface area contributed by atoms with Crippen LogP contribution >= 0.6 is 46.4 Å². The van der Waals surface area contributed by atoms with Crippen LogP contribution in [0.4, 0.5) is 0 Å². The molecule has 30 heavy (non-hydrogen) atoms. The zero-order valence-corrected chi connectivity index (χ0v) is 23.9. The monoisotopic (exact) mass is 550 g/mol. The Morgan fingerprint density at radius 2 is 0.533 bits per heavy atom. The average Bonchev–Trinajstić information content (AvgIpc) is 2.63. The summed E-state index contributed by atoms with van der Waals surface area (Å²) in [5.74, 6) is 3.09. The van der Waals surface area contributed by atoms with Crippen LogP contribution in [0, 0.1) is 0 Å². The first-order chi connectivity index (χ1) is 13.1. The Kier molecular flexibility index (Phi) is 17.4. The van der Waals surface area contributed by atoms with E-state index in [0.717, 1.165) is 67.6 Å². The molecule has 2 saturated heterocycles. The molecule has 2 heterocycles. The third-order valence-electron chi connectivity index (χ3n) is 7.22. The van der Waals surface area contributed by atoms with E-state index in [1.54, 1.807) is 0 Å². The smallest absolute Gasteiger partial charge is 0.128 e. The van der Waals surface area contributed by atoms with Gasteiger partial charge in [-0.2, -0.15) is 0 Å². The van der Waals surface area contributed by atoms with Gasteiger partial charge >= 0.3 is 0 Å². The molecule has 0 unspecified atom stereocenters. The third-order valence-corrected chi connectivity index (χ3v) is 7.89. The van der Waals surface area contributed by atoms with E-state index in [1.165, 1.54) is 52.4 Å². The molecule has 2 aliphatic rings. The minimum atomic E-state index is 0. The first-order valence-electron chi connectivity index (χ1n) is 10.7. The van der Waals surface area contributed by atoms with Gasteiger partial charge in [-0.25, -0.2) is 0 Å². The number of halogens is 6. The Hall–Kier alpha value is 1.58. The van der Waals surface area contributed by atoms with Crippen LogP contribution in [0.5, 0.6) is 0 Å². The van der Waals surface area contributed by atoms with E-state index in [4.69, 9.17) is 46.4 Å². The average molecular weight is 553 g/mol. The van der Waals surface area contributed by atoms with Gasteiger partial charge in [0, 0.05) is 0 Å². The van der Waals surface area contributed by atoms with Crippen molar-refractivity contribution in [1.29, 1.82) is 0 Å². The Bertz CT molecular complexity index is 359. The molecule has 0 N–H and O–H groups in total. The van der Waals surface area contributed by atoms with Crippen LogP contribution in [0.15, 0.2) is 0 Å². The highest BCUT2D eigenvalue weighted by atomic mass is 35.5. The normalized spacial score (nSPS) is 36.0. The van der Waals surface area contributed by atoms with Gasteiger partial charge in [-0.05, 0) is 0 Å². The van der Waals surface area contributed by atoms with E-state index >= 15 is 0 Å². The summed E-state index contributed by atoms with van der Waals surface area (Å²) in [7, 11) is 9.25. The van der Waals surface area contributed by atoms with Crippen molar-refractivity contribution in [3.63, 3.8) is 0 Å². The van der Waals surface area contributed by atoms with Gasteiger partial charge in [0.1, 0.15) is 52.4 Å². The van der Waals surface area contributed by atoms with Gasteiger partial charge in [-0.15, -0.1) is 46.4 Å². The van der Waals surface area contributed by atoms with Crippen molar-refractivity contribution in [2.45, 2.75) is 0 Å². The van der Waals surface area contributed by atoms with E-state index in [2.05, 4.69) is 28.2 Å². The SMILES string of the molecule is C[N+]1(CCCl)CC[N+](C)(CCCl)CC1.C[N+]1(CCCl)CC[N+](C)(CCCl)CC1.[Cl-].[Cl-]. The predicted octanol–water partition coefficient (Wildman–Crippen LogP) is -3.25. The maximum Gasteiger partial charge on any atom is 0.128 e. The van der Waals surface area contributed by atoms with Gasteiger partial charge in [0.05, 0.1) is 77.9 Å². The molecule has 0 aromatic carbocycles. The lowest BCUT2D eigenvalue weighted by molar-refractivity contribution is -1.01. The highest BCUT2D eigenvalue weighted by Gasteiger charge is 2.37. The topological polar surface area (TPSA) is 0 Å². The highest BCUT2D eigenvalue weighted by Crippen LogP contribution is 2.16. The minimum Gasteiger partial charge on any atom is -1.00 e. The minimum absolute atomic E-state index is 0. The van der Waals surface area contributed by atoms with Crippen LogP contribution in [0.25, 0.3) is 0 Å². The van der Waals surface area contributed by atoms with Gasteiger partial charge in [0.2, 0.25) is 0 Å². The summed E-state index contributed by atoms with van der Waals surface area (Å²) >= 11 is 23.3. The molecule has 2 rings (SSSR count). The van der Waals surface area contributed by atoms with E-state index in [-0.39, 0.29) is 24.8 Å².